The van der Waals surface area contributed by atoms with E-state index in [4.69, 9.17) is 19.2 Å². The topological polar surface area (TPSA) is 4.93 Å². The summed E-state index contributed by atoms with van der Waals surface area (Å²) in [5, 5.41) is -1.01. The van der Waals surface area contributed by atoms with Crippen LogP contribution >= 0.6 is 0 Å². The molecule has 0 N–H and O–H groups in total. The molecule has 1 aromatic heterocycles. The number of benzene rings is 4. The summed E-state index contributed by atoms with van der Waals surface area (Å²) in [5.74, 6) is 0. The van der Waals surface area contributed by atoms with Gasteiger partial charge in [0.05, 0.1) is 30.2 Å². The van der Waals surface area contributed by atoms with Gasteiger partial charge in [0.2, 0.25) is 0 Å². The van der Waals surface area contributed by atoms with Gasteiger partial charge in [-0.05, 0) is 34.9 Å². The molecular weight excluding hydrogens is 278 g/mol. The van der Waals surface area contributed by atoms with E-state index in [-0.39, 0.29) is 38.6 Å². The summed E-state index contributed by atoms with van der Waals surface area (Å²) in [5.41, 5.74) is -0.998. The van der Waals surface area contributed by atoms with Gasteiger partial charge in [-0.25, -0.2) is 0 Å². The van der Waals surface area contributed by atoms with Crippen LogP contribution in [0.4, 0.5) is 0 Å². The van der Waals surface area contributed by atoms with Crippen LogP contribution in [0.15, 0.2) is 90.7 Å². The minimum Gasteiger partial charge on any atom is -0.309 e. The maximum atomic E-state index is 8.89. The number of fused-ring (bicyclic) bond motifs is 4. The molecule has 23 heavy (non-hydrogen) atoms. The lowest BCUT2D eigenvalue weighted by Crippen LogP contribution is -1.93. The molecule has 5 aromatic rings. The normalized spacial score (nSPS) is 20.0. The minimum atomic E-state index is -0.685. The first kappa shape index (κ1) is 4.97. The van der Waals surface area contributed by atoms with Crippen molar-refractivity contribution in [2.24, 2.45) is 0 Å². The third kappa shape index (κ3) is 1.80. The van der Waals surface area contributed by atoms with Crippen LogP contribution in [0, 0.1) is 0 Å². The number of rotatable bonds is 1. The van der Waals surface area contributed by atoms with Crippen LogP contribution in [0.2, 0.25) is 0 Å². The molecule has 5 rings (SSSR count). The van der Waals surface area contributed by atoms with E-state index < -0.39 is 84.2 Å². The van der Waals surface area contributed by atoms with Gasteiger partial charge in [0.25, 0.3) is 0 Å². The highest BCUT2D eigenvalue weighted by molar-refractivity contribution is 6.09. The average molecular weight is 307 g/mol. The van der Waals surface area contributed by atoms with Gasteiger partial charge < -0.3 is 4.57 Å². The lowest BCUT2D eigenvalue weighted by molar-refractivity contribution is 1.19. The molecule has 0 unspecified atom stereocenters. The summed E-state index contributed by atoms with van der Waals surface area (Å²) in [7, 11) is 0. The highest BCUT2D eigenvalue weighted by Gasteiger charge is 2.11. The Balaban J connectivity index is 2.20. The average Bonchev–Trinajstić information content (AvgIpc) is 3.21. The Morgan fingerprint density at radius 3 is 2.22 bits per heavy atom. The van der Waals surface area contributed by atoms with Crippen LogP contribution in [-0.4, -0.2) is 4.57 Å². The van der Waals surface area contributed by atoms with Crippen LogP contribution in [0.3, 0.4) is 0 Å². The van der Waals surface area contributed by atoms with Gasteiger partial charge in [0.15, 0.2) is 0 Å². The lowest BCUT2D eigenvalue weighted by atomic mass is 10.1. The molecule has 0 fully saturated rings. The summed E-state index contributed by atoms with van der Waals surface area (Å²) >= 11 is 0. The molecule has 0 aliphatic rings. The van der Waals surface area contributed by atoms with E-state index in [0.717, 1.165) is 10.6 Å². The van der Waals surface area contributed by atoms with Crippen LogP contribution < -0.4 is 0 Å². The second-order valence-corrected chi connectivity index (χ2v) is 4.81. The van der Waals surface area contributed by atoms with Crippen molar-refractivity contribution in [2.75, 3.05) is 0 Å². The molecule has 0 spiro atoms. The van der Waals surface area contributed by atoms with Crippen LogP contribution in [-0.2, 0) is 0 Å². The number of nitrogens with zero attached hydrogens (tertiary/aromatic N) is 1. The van der Waals surface area contributed by atoms with E-state index in [9.17, 15) is 0 Å². The van der Waals surface area contributed by atoms with Crippen molar-refractivity contribution in [2.45, 2.75) is 0 Å². The number of hydrogen-bond acceptors (Lipinski definition) is 0. The van der Waals surface area contributed by atoms with Gasteiger partial charge in [-0.1, -0.05) is 66.5 Å². The number of aromatic nitrogens is 1. The SMILES string of the molecule is [2H]c1cc([2H])c2c3c([2H])c([2H])c([2H])c([2H])c3n(-c3c([2H])c([2H])c4c([2H])c([2H])c([2H])c([2H])c4c3[2H])c2c1[2H]. The predicted molar refractivity (Wildman–Crippen MR) is 98.3 cm³/mol. The van der Waals surface area contributed by atoms with Gasteiger partial charge in [-0.2, -0.15) is 0 Å². The van der Waals surface area contributed by atoms with Crippen LogP contribution in [0.5, 0.6) is 0 Å². The zero-order valence-electron chi connectivity index (χ0n) is 25.5. The van der Waals surface area contributed by atoms with E-state index in [2.05, 4.69) is 0 Å². The molecule has 0 saturated heterocycles. The molecule has 4 aromatic carbocycles. The molecule has 0 radical (unpaired) electrons. The molecule has 108 valence electrons. The molecular formula is C22H15N. The van der Waals surface area contributed by atoms with E-state index in [0.29, 0.717) is 0 Å². The Morgan fingerprint density at radius 1 is 0.609 bits per heavy atom. The van der Waals surface area contributed by atoms with Gasteiger partial charge >= 0.3 is 0 Å². The first-order chi connectivity index (χ1) is 17.2. The summed E-state index contributed by atoms with van der Waals surface area (Å²) in [6, 6.07) is -7.08. The zero-order chi connectivity index (χ0) is 27.4. The molecule has 0 saturated carbocycles. The van der Waals surface area contributed by atoms with Crippen molar-refractivity contribution in [3.63, 3.8) is 0 Å². The number of hydrogen-bond donors (Lipinski definition) is 0. The van der Waals surface area contributed by atoms with Crippen molar-refractivity contribution >= 4 is 32.6 Å². The minimum absolute atomic E-state index is 0.108. The molecule has 1 nitrogen and oxygen atoms in total. The first-order valence-electron chi connectivity index (χ1n) is 13.7. The molecule has 0 atom stereocenters. The Labute approximate surface area is 154 Å². The van der Waals surface area contributed by atoms with Crippen LogP contribution in [0.1, 0.15) is 19.2 Å². The van der Waals surface area contributed by atoms with Crippen molar-refractivity contribution in [1.82, 2.24) is 4.57 Å². The lowest BCUT2D eigenvalue weighted by Gasteiger charge is -2.09. The smallest absolute Gasteiger partial charge is 0.0651 e. The van der Waals surface area contributed by atoms with Gasteiger partial charge in [-0.3, -0.25) is 0 Å². The fourth-order valence-electron chi connectivity index (χ4n) is 2.57. The van der Waals surface area contributed by atoms with Crippen molar-refractivity contribution in [1.29, 1.82) is 0 Å². The third-order valence-electron chi connectivity index (χ3n) is 3.54. The summed E-state index contributed by atoms with van der Waals surface area (Å²) in [6.07, 6.45) is 0. The Hall–Kier alpha value is -3.06. The zero-order valence-corrected chi connectivity index (χ0v) is 11.5. The van der Waals surface area contributed by atoms with Crippen molar-refractivity contribution in [3.05, 3.63) is 90.7 Å². The third-order valence-corrected chi connectivity index (χ3v) is 3.54. The quantitative estimate of drug-likeness (QED) is 0.361. The number of para-hydroxylation sites is 2. The van der Waals surface area contributed by atoms with E-state index >= 15 is 0 Å². The van der Waals surface area contributed by atoms with E-state index in [1.54, 1.807) is 0 Å². The van der Waals surface area contributed by atoms with Crippen molar-refractivity contribution in [3.8, 4) is 5.69 Å². The standard InChI is InChI=1S/C22H15N/c1-2-8-17-15-18(14-13-16(17)7-1)23-21-11-5-3-9-19(21)20-10-4-6-12-22(20)23/h1-15H/i1D,2D,3D,5D,6D,7D,8D,9D,10D,11D,12D,13D,14D,15D. The Bertz CT molecular complexity index is 1870. The summed E-state index contributed by atoms with van der Waals surface area (Å²) in [4.78, 5) is 0. The molecule has 1 heteroatoms. The monoisotopic (exact) mass is 307 g/mol. The highest BCUT2D eigenvalue weighted by Crippen LogP contribution is 2.32. The van der Waals surface area contributed by atoms with E-state index in [1.807, 2.05) is 0 Å². The second kappa shape index (κ2) is 4.72. The Morgan fingerprint density at radius 2 is 1.30 bits per heavy atom. The molecule has 0 aliphatic heterocycles. The fourth-order valence-corrected chi connectivity index (χ4v) is 2.57. The van der Waals surface area contributed by atoms with Gasteiger partial charge in [-0.15, -0.1) is 0 Å². The molecule has 0 bridgehead atoms. The molecule has 0 amide bonds. The predicted octanol–water partition coefficient (Wildman–Crippen LogP) is 5.94. The summed E-state index contributed by atoms with van der Waals surface area (Å²) in [6.45, 7) is 0. The van der Waals surface area contributed by atoms with Crippen LogP contribution in [0.25, 0.3) is 38.3 Å². The first-order valence-corrected chi connectivity index (χ1v) is 6.75. The van der Waals surface area contributed by atoms with Crippen molar-refractivity contribution < 1.29 is 19.2 Å². The van der Waals surface area contributed by atoms with Gasteiger partial charge in [0.1, 0.15) is 0 Å². The fraction of sp³-hybridized carbons (Fsp3) is 0. The Kier molecular flexibility index (Phi) is 1.02. The molecule has 1 heterocycles. The summed E-state index contributed by atoms with van der Waals surface area (Å²) < 4.78 is 118. The second-order valence-electron chi connectivity index (χ2n) is 4.81. The molecule has 0 aliphatic carbocycles. The van der Waals surface area contributed by atoms with E-state index in [1.165, 1.54) is 0 Å². The maximum Gasteiger partial charge on any atom is 0.0651 e. The van der Waals surface area contributed by atoms with Gasteiger partial charge in [0, 0.05) is 16.5 Å². The largest absolute Gasteiger partial charge is 0.309 e. The maximum absolute atomic E-state index is 8.89. The highest BCUT2D eigenvalue weighted by atomic mass is 15.0.